The first-order chi connectivity index (χ1) is 15.6. The number of hydrogen-bond donors (Lipinski definition) is 0. The van der Waals surface area contributed by atoms with Gasteiger partial charge in [-0.15, -0.1) is 0 Å². The van der Waals surface area contributed by atoms with Crippen molar-refractivity contribution in [1.29, 1.82) is 0 Å². The predicted molar refractivity (Wildman–Crippen MR) is 126 cm³/mol. The summed E-state index contributed by atoms with van der Waals surface area (Å²) in [5.74, 6) is 0.800. The highest BCUT2D eigenvalue weighted by molar-refractivity contribution is 6.05. The van der Waals surface area contributed by atoms with Crippen LogP contribution in [0.1, 0.15) is 40.8 Å². The zero-order valence-electron chi connectivity index (χ0n) is 18.3. The van der Waals surface area contributed by atoms with Gasteiger partial charge in [0.25, 0.3) is 5.91 Å². The van der Waals surface area contributed by atoms with E-state index in [2.05, 4.69) is 29.2 Å². The summed E-state index contributed by atoms with van der Waals surface area (Å²) in [6.07, 6.45) is 3.57. The molecule has 5 nitrogen and oxygen atoms in total. The first-order valence-electron chi connectivity index (χ1n) is 10.9. The number of aryl methyl sites for hydroxylation is 1. The number of aromatic nitrogens is 2. The Morgan fingerprint density at radius 1 is 1.03 bits per heavy atom. The van der Waals surface area contributed by atoms with E-state index in [0.717, 1.165) is 51.9 Å². The molecule has 32 heavy (non-hydrogen) atoms. The number of rotatable bonds is 4. The zero-order chi connectivity index (χ0) is 22.1. The van der Waals surface area contributed by atoms with Crippen LogP contribution in [0.25, 0.3) is 21.9 Å². The van der Waals surface area contributed by atoms with Crippen molar-refractivity contribution in [3.8, 4) is 16.9 Å². The second-order valence-electron chi connectivity index (χ2n) is 8.19. The molecule has 1 aliphatic rings. The van der Waals surface area contributed by atoms with Crippen LogP contribution in [0.4, 0.5) is 0 Å². The molecule has 1 atom stereocenters. The van der Waals surface area contributed by atoms with Crippen LogP contribution >= 0.6 is 0 Å². The Bertz CT molecular complexity index is 1280. The van der Waals surface area contributed by atoms with Gasteiger partial charge < -0.3 is 9.64 Å². The summed E-state index contributed by atoms with van der Waals surface area (Å²) >= 11 is 0. The number of amides is 1. The van der Waals surface area contributed by atoms with Gasteiger partial charge in [-0.05, 0) is 66.6 Å². The van der Waals surface area contributed by atoms with E-state index >= 15 is 0 Å². The monoisotopic (exact) mass is 423 g/mol. The zero-order valence-corrected chi connectivity index (χ0v) is 18.3. The molecular weight excluding hydrogens is 398 g/mol. The SMILES string of the molecule is COc1ccc(-c2cc(C)nc([C@@H]3CCCN3C(=O)c3nccc4ccccc34)c2)cc1. The second kappa shape index (κ2) is 8.42. The maximum atomic E-state index is 13.6. The van der Waals surface area contributed by atoms with Crippen LogP contribution in [0.5, 0.6) is 5.75 Å². The lowest BCUT2D eigenvalue weighted by Gasteiger charge is -2.25. The fraction of sp³-hybridized carbons (Fsp3) is 0.222. The molecule has 0 spiro atoms. The lowest BCUT2D eigenvalue weighted by molar-refractivity contribution is 0.0729. The standard InChI is InChI=1S/C27H25N3O2/c1-18-16-21(19-9-11-22(32-2)12-10-19)17-24(29-18)25-8-5-15-30(25)27(31)26-23-7-4-3-6-20(23)13-14-28-26/h3-4,6-7,9-14,16-17,25H,5,8,15H2,1-2H3/t25-/m0/s1. The molecule has 160 valence electrons. The average molecular weight is 424 g/mol. The lowest BCUT2D eigenvalue weighted by atomic mass is 10.0. The molecule has 1 amide bonds. The van der Waals surface area contributed by atoms with Crippen molar-refractivity contribution in [2.24, 2.45) is 0 Å². The summed E-state index contributed by atoms with van der Waals surface area (Å²) in [7, 11) is 1.67. The third-order valence-electron chi connectivity index (χ3n) is 6.13. The van der Waals surface area contributed by atoms with Crippen LogP contribution < -0.4 is 4.74 Å². The Hall–Kier alpha value is -3.73. The van der Waals surface area contributed by atoms with E-state index in [9.17, 15) is 4.79 Å². The molecule has 0 aliphatic carbocycles. The van der Waals surface area contributed by atoms with E-state index in [1.807, 2.05) is 54.3 Å². The predicted octanol–water partition coefficient (Wildman–Crippen LogP) is 5.59. The van der Waals surface area contributed by atoms with E-state index < -0.39 is 0 Å². The van der Waals surface area contributed by atoms with Gasteiger partial charge in [0, 0.05) is 23.8 Å². The topological polar surface area (TPSA) is 55.3 Å². The van der Waals surface area contributed by atoms with Crippen LogP contribution in [0.2, 0.25) is 0 Å². The summed E-state index contributed by atoms with van der Waals surface area (Å²) in [5, 5.41) is 1.92. The van der Waals surface area contributed by atoms with Gasteiger partial charge in [-0.1, -0.05) is 36.4 Å². The largest absolute Gasteiger partial charge is 0.497 e. The Morgan fingerprint density at radius 2 is 1.84 bits per heavy atom. The van der Waals surface area contributed by atoms with E-state index in [1.165, 1.54) is 0 Å². The Kier molecular flexibility index (Phi) is 5.31. The molecule has 1 fully saturated rings. The summed E-state index contributed by atoms with van der Waals surface area (Å²) in [4.78, 5) is 24.8. The smallest absolute Gasteiger partial charge is 0.273 e. The third kappa shape index (κ3) is 3.71. The van der Waals surface area contributed by atoms with Gasteiger partial charge in [0.2, 0.25) is 0 Å². The number of benzene rings is 2. The van der Waals surface area contributed by atoms with Gasteiger partial charge in [0.05, 0.1) is 18.8 Å². The molecule has 3 heterocycles. The Balaban J connectivity index is 1.50. The number of likely N-dealkylation sites (tertiary alicyclic amines) is 1. The summed E-state index contributed by atoms with van der Waals surface area (Å²) < 4.78 is 5.28. The number of nitrogens with zero attached hydrogens (tertiary/aromatic N) is 3. The van der Waals surface area contributed by atoms with Gasteiger partial charge in [0.15, 0.2) is 0 Å². The molecule has 1 aliphatic heterocycles. The van der Waals surface area contributed by atoms with Crippen molar-refractivity contribution in [1.82, 2.24) is 14.9 Å². The molecule has 0 bridgehead atoms. The maximum Gasteiger partial charge on any atom is 0.273 e. The van der Waals surface area contributed by atoms with Crippen LogP contribution in [0.15, 0.2) is 72.9 Å². The van der Waals surface area contributed by atoms with E-state index in [0.29, 0.717) is 12.2 Å². The van der Waals surface area contributed by atoms with Gasteiger partial charge in [-0.3, -0.25) is 14.8 Å². The van der Waals surface area contributed by atoms with Crippen molar-refractivity contribution in [2.75, 3.05) is 13.7 Å². The number of fused-ring (bicyclic) bond motifs is 1. The quantitative estimate of drug-likeness (QED) is 0.429. The fourth-order valence-electron chi connectivity index (χ4n) is 4.56. The van der Waals surface area contributed by atoms with Gasteiger partial charge in [-0.2, -0.15) is 0 Å². The number of carbonyl (C=O) groups excluding carboxylic acids is 1. The van der Waals surface area contributed by atoms with Crippen LogP contribution in [-0.4, -0.2) is 34.4 Å². The molecule has 1 saturated heterocycles. The molecule has 0 N–H and O–H groups in total. The van der Waals surface area contributed by atoms with Crippen molar-refractivity contribution in [2.45, 2.75) is 25.8 Å². The number of ether oxygens (including phenoxy) is 1. The highest BCUT2D eigenvalue weighted by Gasteiger charge is 2.33. The van der Waals surface area contributed by atoms with Gasteiger partial charge >= 0.3 is 0 Å². The van der Waals surface area contributed by atoms with Crippen LogP contribution in [0.3, 0.4) is 0 Å². The lowest BCUT2D eigenvalue weighted by Crippen LogP contribution is -2.31. The highest BCUT2D eigenvalue weighted by Crippen LogP contribution is 2.35. The Labute approximate surface area is 187 Å². The molecule has 5 rings (SSSR count). The van der Waals surface area contributed by atoms with Crippen molar-refractivity contribution < 1.29 is 9.53 Å². The molecule has 0 radical (unpaired) electrons. The van der Waals surface area contributed by atoms with E-state index in [4.69, 9.17) is 9.72 Å². The third-order valence-corrected chi connectivity index (χ3v) is 6.13. The number of pyridine rings is 2. The van der Waals surface area contributed by atoms with E-state index in [-0.39, 0.29) is 11.9 Å². The molecule has 2 aromatic carbocycles. The van der Waals surface area contributed by atoms with E-state index in [1.54, 1.807) is 13.3 Å². The normalized spacial score (nSPS) is 15.8. The molecular formula is C27H25N3O2. The summed E-state index contributed by atoms with van der Waals surface area (Å²) in [5.41, 5.74) is 4.58. The van der Waals surface area contributed by atoms with Crippen LogP contribution in [0, 0.1) is 6.92 Å². The fourth-order valence-corrected chi connectivity index (χ4v) is 4.56. The minimum Gasteiger partial charge on any atom is -0.497 e. The molecule has 4 aromatic rings. The molecule has 2 aromatic heterocycles. The minimum absolute atomic E-state index is 0.0291. The first-order valence-corrected chi connectivity index (χ1v) is 10.9. The average Bonchev–Trinajstić information content (AvgIpc) is 3.33. The molecule has 0 saturated carbocycles. The highest BCUT2D eigenvalue weighted by atomic mass is 16.5. The molecule has 5 heteroatoms. The van der Waals surface area contributed by atoms with Gasteiger partial charge in [-0.25, -0.2) is 0 Å². The number of methoxy groups -OCH3 is 1. The van der Waals surface area contributed by atoms with Gasteiger partial charge in [0.1, 0.15) is 11.4 Å². The number of hydrogen-bond acceptors (Lipinski definition) is 4. The van der Waals surface area contributed by atoms with Crippen molar-refractivity contribution >= 4 is 16.7 Å². The minimum atomic E-state index is -0.0554. The summed E-state index contributed by atoms with van der Waals surface area (Å²) in [6.45, 7) is 2.71. The molecule has 0 unspecified atom stereocenters. The first kappa shape index (κ1) is 20.2. The Morgan fingerprint density at radius 3 is 2.66 bits per heavy atom. The maximum absolute atomic E-state index is 13.6. The van der Waals surface area contributed by atoms with Crippen molar-refractivity contribution in [3.63, 3.8) is 0 Å². The second-order valence-corrected chi connectivity index (χ2v) is 8.19. The summed E-state index contributed by atoms with van der Waals surface area (Å²) in [6, 6.07) is 22.0. The van der Waals surface area contributed by atoms with Crippen LogP contribution in [-0.2, 0) is 0 Å². The van der Waals surface area contributed by atoms with Crippen molar-refractivity contribution in [3.05, 3.63) is 90.0 Å². The number of carbonyl (C=O) groups is 1.